The van der Waals surface area contributed by atoms with Crippen molar-refractivity contribution in [2.24, 2.45) is 0 Å². The molecule has 0 bridgehead atoms. The highest BCUT2D eigenvalue weighted by atomic mass is 16.3. The third-order valence-corrected chi connectivity index (χ3v) is 2.15. The van der Waals surface area contributed by atoms with Crippen LogP contribution in [0.2, 0.25) is 0 Å². The minimum absolute atomic E-state index is 0.214. The van der Waals surface area contributed by atoms with Crippen LogP contribution in [0.4, 0.5) is 5.69 Å². The van der Waals surface area contributed by atoms with Crippen LogP contribution in [0, 0.1) is 6.92 Å². The van der Waals surface area contributed by atoms with E-state index in [0.29, 0.717) is 6.42 Å². The first-order chi connectivity index (χ1) is 6.15. The summed E-state index contributed by atoms with van der Waals surface area (Å²) < 4.78 is 0. The molecule has 0 radical (unpaired) electrons. The Hall–Kier alpha value is -1.06. The Bertz CT molecular complexity index is 286. The number of rotatable bonds is 3. The van der Waals surface area contributed by atoms with Crippen LogP contribution in [0.3, 0.4) is 0 Å². The normalized spacial score (nSPS) is 12.8. The van der Waals surface area contributed by atoms with Crippen LogP contribution in [0.25, 0.3) is 0 Å². The summed E-state index contributed by atoms with van der Waals surface area (Å²) in [6, 6.07) is 5.58. The van der Waals surface area contributed by atoms with E-state index in [0.717, 1.165) is 16.8 Å². The number of aliphatic hydroxyl groups is 2. The van der Waals surface area contributed by atoms with Crippen LogP contribution >= 0.6 is 0 Å². The van der Waals surface area contributed by atoms with Crippen LogP contribution in [-0.4, -0.2) is 22.9 Å². The number of anilines is 1. The number of nitrogen functional groups attached to an aromatic ring is 1. The van der Waals surface area contributed by atoms with Crippen molar-refractivity contribution in [1.29, 1.82) is 0 Å². The molecule has 4 N–H and O–H groups in total. The molecule has 0 saturated carbocycles. The van der Waals surface area contributed by atoms with Gasteiger partial charge in [-0.25, -0.2) is 0 Å². The van der Waals surface area contributed by atoms with Crippen LogP contribution in [0.15, 0.2) is 18.2 Å². The monoisotopic (exact) mass is 181 g/mol. The van der Waals surface area contributed by atoms with Gasteiger partial charge in [0.2, 0.25) is 0 Å². The van der Waals surface area contributed by atoms with Gasteiger partial charge in [-0.1, -0.05) is 12.1 Å². The molecule has 0 saturated heterocycles. The molecule has 0 aromatic heterocycles. The summed E-state index contributed by atoms with van der Waals surface area (Å²) >= 11 is 0. The van der Waals surface area contributed by atoms with Crippen molar-refractivity contribution in [3.05, 3.63) is 29.3 Å². The molecule has 1 aromatic rings. The number of nitrogens with two attached hydrogens (primary N) is 1. The van der Waals surface area contributed by atoms with Gasteiger partial charge >= 0.3 is 0 Å². The molecular weight excluding hydrogens is 166 g/mol. The van der Waals surface area contributed by atoms with Crippen molar-refractivity contribution in [3.63, 3.8) is 0 Å². The molecule has 1 aromatic carbocycles. The molecule has 1 atom stereocenters. The molecule has 0 fully saturated rings. The third-order valence-electron chi connectivity index (χ3n) is 2.15. The molecule has 13 heavy (non-hydrogen) atoms. The SMILES string of the molecule is Cc1c(N)cccc1CC(O)CO. The van der Waals surface area contributed by atoms with E-state index in [4.69, 9.17) is 10.8 Å². The lowest BCUT2D eigenvalue weighted by molar-refractivity contribution is 0.0954. The predicted molar refractivity (Wildman–Crippen MR) is 52.4 cm³/mol. The van der Waals surface area contributed by atoms with Crippen LogP contribution in [0.5, 0.6) is 0 Å². The Morgan fingerprint density at radius 1 is 1.46 bits per heavy atom. The molecule has 0 aliphatic heterocycles. The molecule has 0 heterocycles. The molecule has 72 valence electrons. The summed E-state index contributed by atoms with van der Waals surface area (Å²) in [6.07, 6.45) is -0.242. The van der Waals surface area contributed by atoms with Crippen LogP contribution < -0.4 is 5.73 Å². The van der Waals surface area contributed by atoms with E-state index < -0.39 is 6.10 Å². The van der Waals surface area contributed by atoms with Gasteiger partial charge in [0.05, 0.1) is 12.7 Å². The molecular formula is C10H15NO2. The maximum atomic E-state index is 9.24. The van der Waals surface area contributed by atoms with Gasteiger partial charge < -0.3 is 15.9 Å². The molecule has 3 heteroatoms. The minimum atomic E-state index is -0.694. The fraction of sp³-hybridized carbons (Fsp3) is 0.400. The summed E-state index contributed by atoms with van der Waals surface area (Å²) in [5.41, 5.74) is 8.39. The van der Waals surface area contributed by atoms with E-state index in [1.165, 1.54) is 0 Å². The Morgan fingerprint density at radius 2 is 2.15 bits per heavy atom. The fourth-order valence-corrected chi connectivity index (χ4v) is 1.24. The van der Waals surface area contributed by atoms with Gasteiger partial charge in [0.1, 0.15) is 0 Å². The van der Waals surface area contributed by atoms with E-state index in [2.05, 4.69) is 0 Å². The Kier molecular flexibility index (Phi) is 3.28. The van der Waals surface area contributed by atoms with Crippen LogP contribution in [-0.2, 0) is 6.42 Å². The highest BCUT2D eigenvalue weighted by molar-refractivity contribution is 5.50. The average molecular weight is 181 g/mol. The zero-order valence-electron chi connectivity index (χ0n) is 7.70. The second-order valence-corrected chi connectivity index (χ2v) is 3.17. The molecule has 0 aliphatic rings. The van der Waals surface area contributed by atoms with Crippen LogP contribution in [0.1, 0.15) is 11.1 Å². The van der Waals surface area contributed by atoms with E-state index >= 15 is 0 Å². The molecule has 1 unspecified atom stereocenters. The highest BCUT2D eigenvalue weighted by Crippen LogP contribution is 2.16. The zero-order valence-corrected chi connectivity index (χ0v) is 7.70. The van der Waals surface area contributed by atoms with Gasteiger partial charge in [0.15, 0.2) is 0 Å². The van der Waals surface area contributed by atoms with Gasteiger partial charge in [-0.05, 0) is 24.1 Å². The maximum Gasteiger partial charge on any atom is 0.0811 e. The number of aliphatic hydroxyl groups excluding tert-OH is 2. The smallest absolute Gasteiger partial charge is 0.0811 e. The lowest BCUT2D eigenvalue weighted by Crippen LogP contribution is -2.16. The van der Waals surface area contributed by atoms with Crippen molar-refractivity contribution in [2.45, 2.75) is 19.4 Å². The molecule has 1 rings (SSSR count). The summed E-state index contributed by atoms with van der Waals surface area (Å²) in [5, 5.41) is 17.9. The zero-order chi connectivity index (χ0) is 9.84. The van der Waals surface area contributed by atoms with Crippen molar-refractivity contribution < 1.29 is 10.2 Å². The van der Waals surface area contributed by atoms with E-state index in [-0.39, 0.29) is 6.61 Å². The number of hydrogen-bond donors (Lipinski definition) is 3. The van der Waals surface area contributed by atoms with E-state index in [1.807, 2.05) is 25.1 Å². The van der Waals surface area contributed by atoms with Crippen molar-refractivity contribution in [1.82, 2.24) is 0 Å². The van der Waals surface area contributed by atoms with Gasteiger partial charge in [0, 0.05) is 12.1 Å². The summed E-state index contributed by atoms with van der Waals surface area (Å²) in [4.78, 5) is 0. The second-order valence-electron chi connectivity index (χ2n) is 3.17. The standard InChI is InChI=1S/C10H15NO2/c1-7-8(5-9(13)6-12)3-2-4-10(7)11/h2-4,9,12-13H,5-6,11H2,1H3. The Morgan fingerprint density at radius 3 is 2.77 bits per heavy atom. The summed E-state index contributed by atoms with van der Waals surface area (Å²) in [7, 11) is 0. The largest absolute Gasteiger partial charge is 0.399 e. The molecule has 3 nitrogen and oxygen atoms in total. The van der Waals surface area contributed by atoms with Crippen molar-refractivity contribution in [3.8, 4) is 0 Å². The van der Waals surface area contributed by atoms with Crippen molar-refractivity contribution in [2.75, 3.05) is 12.3 Å². The minimum Gasteiger partial charge on any atom is -0.399 e. The van der Waals surface area contributed by atoms with Gasteiger partial charge in [-0.3, -0.25) is 0 Å². The third kappa shape index (κ3) is 2.44. The average Bonchev–Trinajstić information content (AvgIpc) is 2.13. The van der Waals surface area contributed by atoms with Gasteiger partial charge in [-0.15, -0.1) is 0 Å². The molecule has 0 spiro atoms. The fourth-order valence-electron chi connectivity index (χ4n) is 1.24. The topological polar surface area (TPSA) is 66.5 Å². The van der Waals surface area contributed by atoms with E-state index in [1.54, 1.807) is 0 Å². The maximum absolute atomic E-state index is 9.24. The Balaban J connectivity index is 2.83. The molecule has 0 aliphatic carbocycles. The quantitative estimate of drug-likeness (QED) is 0.594. The molecule has 0 amide bonds. The lowest BCUT2D eigenvalue weighted by Gasteiger charge is -2.11. The first-order valence-corrected chi connectivity index (χ1v) is 4.28. The second kappa shape index (κ2) is 4.25. The Labute approximate surface area is 77.8 Å². The van der Waals surface area contributed by atoms with Crippen molar-refractivity contribution >= 4 is 5.69 Å². The predicted octanol–water partition coefficient (Wildman–Crippen LogP) is 0.473. The number of benzene rings is 1. The lowest BCUT2D eigenvalue weighted by atomic mass is 10.0. The summed E-state index contributed by atoms with van der Waals surface area (Å²) in [5.74, 6) is 0. The summed E-state index contributed by atoms with van der Waals surface area (Å²) in [6.45, 7) is 1.70. The van der Waals surface area contributed by atoms with Gasteiger partial charge in [0.25, 0.3) is 0 Å². The first kappa shape index (κ1) is 10.0. The van der Waals surface area contributed by atoms with Gasteiger partial charge in [-0.2, -0.15) is 0 Å². The first-order valence-electron chi connectivity index (χ1n) is 4.28. The van der Waals surface area contributed by atoms with E-state index in [9.17, 15) is 5.11 Å². The number of hydrogen-bond acceptors (Lipinski definition) is 3. The highest BCUT2D eigenvalue weighted by Gasteiger charge is 2.06.